The molecule has 2 rings (SSSR count). The van der Waals surface area contributed by atoms with Gasteiger partial charge in [0.2, 0.25) is 0 Å². The second kappa shape index (κ2) is 3.86. The highest BCUT2D eigenvalue weighted by atomic mass is 14.9. The fraction of sp³-hybridized carbons (Fsp3) is 0.385. The van der Waals surface area contributed by atoms with Gasteiger partial charge in [-0.2, -0.15) is 0 Å². The molecule has 0 amide bonds. The molecular formula is C13H15N. The van der Waals surface area contributed by atoms with Crippen molar-refractivity contribution in [3.05, 3.63) is 35.9 Å². The standard InChI is InChI=1S/C13H15N/c1-3-13(14-2)12-9-11(12)10-7-5-4-6-8-10/h1,4-8,11-14H,9H2,2H3. The predicted octanol–water partition coefficient (Wildman–Crippen LogP) is 2.01. The van der Waals surface area contributed by atoms with Crippen LogP contribution in [-0.4, -0.2) is 13.1 Å². The molecule has 1 aromatic rings. The van der Waals surface area contributed by atoms with Gasteiger partial charge in [-0.25, -0.2) is 0 Å². The van der Waals surface area contributed by atoms with Gasteiger partial charge in [-0.05, 0) is 30.9 Å². The van der Waals surface area contributed by atoms with Gasteiger partial charge in [0.15, 0.2) is 0 Å². The van der Waals surface area contributed by atoms with Crippen LogP contribution in [0.15, 0.2) is 30.3 Å². The second-order valence-corrected chi connectivity index (χ2v) is 3.85. The molecule has 1 aliphatic carbocycles. The molecule has 1 heteroatoms. The first-order chi connectivity index (χ1) is 6.86. The normalized spacial score (nSPS) is 26.6. The summed E-state index contributed by atoms with van der Waals surface area (Å²) in [6.45, 7) is 0. The molecule has 0 heterocycles. The van der Waals surface area contributed by atoms with Crippen molar-refractivity contribution >= 4 is 0 Å². The predicted molar refractivity (Wildman–Crippen MR) is 59.0 cm³/mol. The van der Waals surface area contributed by atoms with Crippen molar-refractivity contribution in [2.24, 2.45) is 5.92 Å². The Morgan fingerprint density at radius 3 is 2.71 bits per heavy atom. The summed E-state index contributed by atoms with van der Waals surface area (Å²) in [6, 6.07) is 10.9. The Morgan fingerprint density at radius 2 is 2.14 bits per heavy atom. The monoisotopic (exact) mass is 185 g/mol. The Labute approximate surface area is 85.5 Å². The summed E-state index contributed by atoms with van der Waals surface area (Å²) in [5.41, 5.74) is 1.42. The van der Waals surface area contributed by atoms with E-state index in [9.17, 15) is 0 Å². The van der Waals surface area contributed by atoms with Gasteiger partial charge in [0, 0.05) is 0 Å². The molecule has 0 aliphatic heterocycles. The molecule has 0 spiro atoms. The van der Waals surface area contributed by atoms with Crippen LogP contribution in [0.2, 0.25) is 0 Å². The van der Waals surface area contributed by atoms with E-state index in [1.807, 2.05) is 7.05 Å². The van der Waals surface area contributed by atoms with Gasteiger partial charge >= 0.3 is 0 Å². The Bertz CT molecular complexity index is 336. The summed E-state index contributed by atoms with van der Waals surface area (Å²) in [5, 5.41) is 3.18. The maximum absolute atomic E-state index is 5.45. The molecular weight excluding hydrogens is 170 g/mol. The van der Waals surface area contributed by atoms with Gasteiger partial charge in [0.1, 0.15) is 0 Å². The van der Waals surface area contributed by atoms with Crippen LogP contribution in [0.1, 0.15) is 17.9 Å². The van der Waals surface area contributed by atoms with Crippen molar-refractivity contribution in [2.75, 3.05) is 7.05 Å². The molecule has 1 aliphatic rings. The minimum atomic E-state index is 0.236. The molecule has 14 heavy (non-hydrogen) atoms. The van der Waals surface area contributed by atoms with E-state index < -0.39 is 0 Å². The maximum Gasteiger partial charge on any atom is 0.0719 e. The Morgan fingerprint density at radius 1 is 1.43 bits per heavy atom. The first kappa shape index (κ1) is 9.30. The van der Waals surface area contributed by atoms with Gasteiger partial charge in [-0.15, -0.1) is 6.42 Å². The Kier molecular flexibility index (Phi) is 2.56. The highest BCUT2D eigenvalue weighted by Gasteiger charge is 2.42. The fourth-order valence-corrected chi connectivity index (χ4v) is 2.09. The molecule has 72 valence electrons. The zero-order valence-corrected chi connectivity index (χ0v) is 8.40. The average Bonchev–Trinajstić information content (AvgIpc) is 3.01. The fourth-order valence-electron chi connectivity index (χ4n) is 2.09. The first-order valence-electron chi connectivity index (χ1n) is 5.05. The van der Waals surface area contributed by atoms with E-state index in [-0.39, 0.29) is 6.04 Å². The number of rotatable bonds is 3. The molecule has 1 fully saturated rings. The van der Waals surface area contributed by atoms with Crippen LogP contribution in [-0.2, 0) is 0 Å². The van der Waals surface area contributed by atoms with Crippen molar-refractivity contribution in [1.29, 1.82) is 0 Å². The third kappa shape index (κ3) is 1.66. The summed E-state index contributed by atoms with van der Waals surface area (Å²) >= 11 is 0. The number of terminal acetylenes is 1. The summed E-state index contributed by atoms with van der Waals surface area (Å²) in [5.74, 6) is 4.11. The van der Waals surface area contributed by atoms with Crippen LogP contribution < -0.4 is 5.32 Å². The lowest BCUT2D eigenvalue weighted by atomic mass is 10.1. The number of hydrogen-bond donors (Lipinski definition) is 1. The topological polar surface area (TPSA) is 12.0 Å². The maximum atomic E-state index is 5.45. The van der Waals surface area contributed by atoms with Crippen LogP contribution >= 0.6 is 0 Å². The molecule has 0 bridgehead atoms. The van der Waals surface area contributed by atoms with Gasteiger partial charge in [0.25, 0.3) is 0 Å². The largest absolute Gasteiger partial charge is 0.307 e. The number of hydrogen-bond acceptors (Lipinski definition) is 1. The van der Waals surface area contributed by atoms with E-state index in [2.05, 4.69) is 41.6 Å². The van der Waals surface area contributed by atoms with Crippen LogP contribution in [0.25, 0.3) is 0 Å². The highest BCUT2D eigenvalue weighted by molar-refractivity contribution is 5.28. The van der Waals surface area contributed by atoms with E-state index in [4.69, 9.17) is 6.42 Å². The van der Waals surface area contributed by atoms with E-state index in [1.54, 1.807) is 0 Å². The zero-order chi connectivity index (χ0) is 9.97. The molecule has 0 radical (unpaired) electrons. The summed E-state index contributed by atoms with van der Waals surface area (Å²) < 4.78 is 0. The average molecular weight is 185 g/mol. The zero-order valence-electron chi connectivity index (χ0n) is 8.40. The van der Waals surface area contributed by atoms with Crippen LogP contribution in [0.4, 0.5) is 0 Å². The lowest BCUT2D eigenvalue weighted by Gasteiger charge is -2.08. The third-order valence-corrected chi connectivity index (χ3v) is 2.99. The second-order valence-electron chi connectivity index (χ2n) is 3.85. The Balaban J connectivity index is 2.03. The van der Waals surface area contributed by atoms with Gasteiger partial charge < -0.3 is 5.32 Å². The lowest BCUT2D eigenvalue weighted by Crippen LogP contribution is -2.25. The smallest absolute Gasteiger partial charge is 0.0719 e. The highest BCUT2D eigenvalue weighted by Crippen LogP contribution is 2.49. The quantitative estimate of drug-likeness (QED) is 0.710. The van der Waals surface area contributed by atoms with E-state index in [0.717, 1.165) is 0 Å². The molecule has 3 unspecified atom stereocenters. The Hall–Kier alpha value is -1.26. The van der Waals surface area contributed by atoms with Crippen molar-refractivity contribution in [2.45, 2.75) is 18.4 Å². The first-order valence-corrected chi connectivity index (χ1v) is 5.05. The SMILES string of the molecule is C#CC(NC)C1CC1c1ccccc1. The van der Waals surface area contributed by atoms with Crippen LogP contribution in [0.5, 0.6) is 0 Å². The molecule has 0 aromatic heterocycles. The summed E-state index contributed by atoms with van der Waals surface area (Å²) in [7, 11) is 1.94. The van der Waals surface area contributed by atoms with Crippen molar-refractivity contribution in [1.82, 2.24) is 5.32 Å². The molecule has 1 nitrogen and oxygen atoms in total. The van der Waals surface area contributed by atoms with Gasteiger partial charge in [-0.3, -0.25) is 0 Å². The minimum Gasteiger partial charge on any atom is -0.307 e. The van der Waals surface area contributed by atoms with Crippen LogP contribution in [0, 0.1) is 18.3 Å². The third-order valence-electron chi connectivity index (χ3n) is 2.99. The molecule has 3 atom stereocenters. The number of benzene rings is 1. The van der Waals surface area contributed by atoms with Crippen LogP contribution in [0.3, 0.4) is 0 Å². The molecule has 0 saturated heterocycles. The van der Waals surface area contributed by atoms with E-state index >= 15 is 0 Å². The minimum absolute atomic E-state index is 0.236. The van der Waals surface area contributed by atoms with Crippen molar-refractivity contribution in [3.8, 4) is 12.3 Å². The summed E-state index contributed by atoms with van der Waals surface area (Å²) in [4.78, 5) is 0. The lowest BCUT2D eigenvalue weighted by molar-refractivity contribution is 0.600. The van der Waals surface area contributed by atoms with Gasteiger partial charge in [-0.1, -0.05) is 36.3 Å². The van der Waals surface area contributed by atoms with Crippen molar-refractivity contribution in [3.63, 3.8) is 0 Å². The summed E-state index contributed by atoms with van der Waals surface area (Å²) in [6.07, 6.45) is 6.67. The van der Waals surface area contributed by atoms with Crippen molar-refractivity contribution < 1.29 is 0 Å². The molecule has 1 N–H and O–H groups in total. The molecule has 1 aromatic carbocycles. The van der Waals surface area contributed by atoms with E-state index in [1.165, 1.54) is 12.0 Å². The van der Waals surface area contributed by atoms with E-state index in [0.29, 0.717) is 11.8 Å². The van der Waals surface area contributed by atoms with Gasteiger partial charge in [0.05, 0.1) is 6.04 Å². The molecule has 1 saturated carbocycles. The number of nitrogens with one attached hydrogen (secondary N) is 1.